The Labute approximate surface area is 148 Å². The predicted octanol–water partition coefficient (Wildman–Crippen LogP) is 5.16. The molecule has 3 nitrogen and oxygen atoms in total. The van der Waals surface area contributed by atoms with Crippen LogP contribution in [-0.4, -0.2) is 25.1 Å². The van der Waals surface area contributed by atoms with E-state index in [1.807, 2.05) is 56.5 Å². The van der Waals surface area contributed by atoms with Crippen LogP contribution in [0.2, 0.25) is 0 Å². The van der Waals surface area contributed by atoms with Gasteiger partial charge >= 0.3 is 0 Å². The molecule has 0 spiro atoms. The number of thioether (sulfide) groups is 1. The molecule has 1 amide bonds. The van der Waals surface area contributed by atoms with Gasteiger partial charge in [-0.1, -0.05) is 6.07 Å². The highest BCUT2D eigenvalue weighted by Gasteiger charge is 2.13. The molecule has 2 aromatic rings. The molecule has 0 saturated heterocycles. The fourth-order valence-corrected chi connectivity index (χ4v) is 2.74. The number of nitrogens with one attached hydrogen (secondary N) is 1. The molecule has 0 aliphatic heterocycles. The molecular formula is C18H22N2OS2. The summed E-state index contributed by atoms with van der Waals surface area (Å²) >= 11 is 5.17. The first-order chi connectivity index (χ1) is 11.0. The second-order valence-electron chi connectivity index (χ2n) is 4.80. The molecule has 122 valence electrons. The van der Waals surface area contributed by atoms with Crippen LogP contribution >= 0.6 is 24.4 Å². The van der Waals surface area contributed by atoms with Gasteiger partial charge < -0.3 is 5.32 Å². The third kappa shape index (κ3) is 5.15. The molecule has 1 N–H and O–H groups in total. The van der Waals surface area contributed by atoms with E-state index in [0.717, 1.165) is 27.4 Å². The molecule has 0 heterocycles. The Kier molecular flexibility index (Phi) is 7.92. The highest BCUT2D eigenvalue weighted by Crippen LogP contribution is 2.24. The Bertz CT molecular complexity index is 676. The first-order valence-electron chi connectivity index (χ1n) is 7.03. The summed E-state index contributed by atoms with van der Waals surface area (Å²) in [6.07, 6.45) is 3.70. The molecule has 0 bridgehead atoms. The van der Waals surface area contributed by atoms with Gasteiger partial charge in [-0.3, -0.25) is 9.79 Å². The number of hydrogen-bond acceptors (Lipinski definition) is 4. The minimum Gasteiger partial charge on any atom is -0.322 e. The molecule has 0 aliphatic carbocycles. The fraction of sp³-hybridized carbons (Fsp3) is 0.222. The van der Waals surface area contributed by atoms with E-state index in [2.05, 4.69) is 29.7 Å². The molecule has 0 unspecified atom stereocenters. The number of benzene rings is 2. The number of hydrogen-bond donors (Lipinski definition) is 2. The van der Waals surface area contributed by atoms with E-state index < -0.39 is 0 Å². The van der Waals surface area contributed by atoms with Crippen molar-refractivity contribution in [1.29, 1.82) is 0 Å². The number of thiol groups is 1. The molecule has 0 saturated carbocycles. The van der Waals surface area contributed by atoms with E-state index in [1.54, 1.807) is 18.0 Å². The zero-order valence-corrected chi connectivity index (χ0v) is 15.6. The predicted molar refractivity (Wildman–Crippen MR) is 106 cm³/mol. The second kappa shape index (κ2) is 9.43. The summed E-state index contributed by atoms with van der Waals surface area (Å²) in [5.74, 6) is -0.0983. The highest BCUT2D eigenvalue weighted by molar-refractivity contribution is 7.98. The van der Waals surface area contributed by atoms with Gasteiger partial charge in [0.25, 0.3) is 5.91 Å². The quantitative estimate of drug-likeness (QED) is 0.456. The zero-order valence-electron chi connectivity index (χ0n) is 13.9. The van der Waals surface area contributed by atoms with Gasteiger partial charge in [0, 0.05) is 16.1 Å². The van der Waals surface area contributed by atoms with Crippen molar-refractivity contribution in [2.45, 2.75) is 18.7 Å². The second-order valence-corrected chi connectivity index (χ2v) is 5.68. The van der Waals surface area contributed by atoms with Crippen molar-refractivity contribution in [3.8, 4) is 0 Å². The normalized spacial score (nSPS) is 9.61. The van der Waals surface area contributed by atoms with Crippen LogP contribution in [0.3, 0.4) is 0 Å². The number of carbonyl (C=O) groups excluding carboxylic acids is 1. The summed E-state index contributed by atoms with van der Waals surface area (Å²) in [6.45, 7) is 7.34. The maximum Gasteiger partial charge on any atom is 0.256 e. The molecule has 0 aromatic heterocycles. The minimum absolute atomic E-state index is 0.0983. The van der Waals surface area contributed by atoms with Crippen LogP contribution in [0.1, 0.15) is 21.5 Å². The maximum absolute atomic E-state index is 12.5. The molecule has 0 radical (unpaired) electrons. The van der Waals surface area contributed by atoms with Gasteiger partial charge in [0.2, 0.25) is 0 Å². The Hall–Kier alpha value is -1.72. The fourth-order valence-electron chi connectivity index (χ4n) is 2.28. The summed E-state index contributed by atoms with van der Waals surface area (Å²) in [7, 11) is 0. The SMILES string of the molecule is C=Nc1cc(C)c(C(=O)Nc2cccc(SC)c2)c(C)c1.CS. The van der Waals surface area contributed by atoms with Crippen LogP contribution in [0.4, 0.5) is 11.4 Å². The monoisotopic (exact) mass is 346 g/mol. The first kappa shape index (κ1) is 19.3. The number of rotatable bonds is 4. The molecular weight excluding hydrogens is 324 g/mol. The lowest BCUT2D eigenvalue weighted by Crippen LogP contribution is -2.15. The first-order valence-corrected chi connectivity index (χ1v) is 9.15. The van der Waals surface area contributed by atoms with Gasteiger partial charge in [-0.25, -0.2) is 0 Å². The topological polar surface area (TPSA) is 41.5 Å². The molecule has 2 rings (SSSR count). The average Bonchev–Trinajstić information content (AvgIpc) is 2.56. The molecule has 0 fully saturated rings. The van der Waals surface area contributed by atoms with E-state index in [9.17, 15) is 4.79 Å². The lowest BCUT2D eigenvalue weighted by molar-refractivity contribution is 0.102. The van der Waals surface area contributed by atoms with E-state index in [1.165, 1.54) is 0 Å². The summed E-state index contributed by atoms with van der Waals surface area (Å²) in [6, 6.07) is 11.5. The van der Waals surface area contributed by atoms with Gasteiger partial charge in [-0.05, 0) is 74.5 Å². The van der Waals surface area contributed by atoms with Crippen molar-refractivity contribution in [3.63, 3.8) is 0 Å². The Morgan fingerprint density at radius 3 is 2.30 bits per heavy atom. The smallest absolute Gasteiger partial charge is 0.256 e. The summed E-state index contributed by atoms with van der Waals surface area (Å²) in [5, 5.41) is 2.95. The molecule has 5 heteroatoms. The zero-order chi connectivity index (χ0) is 17.4. The van der Waals surface area contributed by atoms with Crippen LogP contribution < -0.4 is 5.32 Å². The molecule has 23 heavy (non-hydrogen) atoms. The number of nitrogens with zero attached hydrogens (tertiary/aromatic N) is 1. The van der Waals surface area contributed by atoms with Crippen LogP contribution in [0.25, 0.3) is 0 Å². The van der Waals surface area contributed by atoms with E-state index in [-0.39, 0.29) is 5.91 Å². The van der Waals surface area contributed by atoms with Gasteiger partial charge in [0.1, 0.15) is 0 Å². The van der Waals surface area contributed by atoms with Gasteiger partial charge in [-0.2, -0.15) is 12.6 Å². The maximum atomic E-state index is 12.5. The summed E-state index contributed by atoms with van der Waals surface area (Å²) < 4.78 is 0. The molecule has 0 atom stereocenters. The Balaban J connectivity index is 0.00000127. The van der Waals surface area contributed by atoms with Crippen molar-refractivity contribution in [2.75, 3.05) is 17.8 Å². The van der Waals surface area contributed by atoms with Crippen LogP contribution in [0.5, 0.6) is 0 Å². The lowest BCUT2D eigenvalue weighted by atomic mass is 10.0. The number of aryl methyl sites for hydroxylation is 2. The number of amides is 1. The van der Waals surface area contributed by atoms with E-state index >= 15 is 0 Å². The molecule has 2 aromatic carbocycles. The third-order valence-corrected chi connectivity index (χ3v) is 3.98. The van der Waals surface area contributed by atoms with E-state index in [4.69, 9.17) is 0 Å². The van der Waals surface area contributed by atoms with Crippen LogP contribution in [-0.2, 0) is 0 Å². The van der Waals surface area contributed by atoms with Gasteiger partial charge in [0.05, 0.1) is 5.69 Å². The minimum atomic E-state index is -0.0983. The van der Waals surface area contributed by atoms with Gasteiger partial charge in [0.15, 0.2) is 0 Å². The Morgan fingerprint density at radius 2 is 1.78 bits per heavy atom. The number of aliphatic imine (C=N–C) groups is 1. The van der Waals surface area contributed by atoms with Crippen molar-refractivity contribution in [2.24, 2.45) is 4.99 Å². The average molecular weight is 347 g/mol. The number of carbonyl (C=O) groups is 1. The lowest BCUT2D eigenvalue weighted by Gasteiger charge is -2.12. The summed E-state index contributed by atoms with van der Waals surface area (Å²) in [4.78, 5) is 17.5. The van der Waals surface area contributed by atoms with E-state index in [0.29, 0.717) is 5.56 Å². The Morgan fingerprint density at radius 1 is 1.17 bits per heavy atom. The largest absolute Gasteiger partial charge is 0.322 e. The van der Waals surface area contributed by atoms with Gasteiger partial charge in [-0.15, -0.1) is 11.8 Å². The molecule has 0 aliphatic rings. The van der Waals surface area contributed by atoms with Crippen molar-refractivity contribution >= 4 is 48.4 Å². The number of anilines is 1. The standard InChI is InChI=1S/C17H18N2OS.CH4S/c1-11-8-14(18-3)9-12(2)16(11)17(20)19-13-6-5-7-15(10-13)21-4;1-2/h5-10H,3H2,1-2,4H3,(H,19,20);2H,1H3. The summed E-state index contributed by atoms with van der Waals surface area (Å²) in [5.41, 5.74) is 4.08. The third-order valence-electron chi connectivity index (χ3n) is 3.25. The van der Waals surface area contributed by atoms with Crippen LogP contribution in [0.15, 0.2) is 46.3 Å². The van der Waals surface area contributed by atoms with Crippen molar-refractivity contribution in [3.05, 3.63) is 53.1 Å². The van der Waals surface area contributed by atoms with Crippen molar-refractivity contribution in [1.82, 2.24) is 0 Å². The highest BCUT2D eigenvalue weighted by atomic mass is 32.2. The van der Waals surface area contributed by atoms with Crippen LogP contribution in [0, 0.1) is 13.8 Å². The van der Waals surface area contributed by atoms with Crippen molar-refractivity contribution < 1.29 is 4.79 Å².